The van der Waals surface area contributed by atoms with Crippen LogP contribution >= 0.6 is 11.3 Å². The number of benzene rings is 1. The molecule has 2 rings (SSSR count). The van der Waals surface area contributed by atoms with Crippen LogP contribution in [0.4, 0.5) is 9.93 Å². The smallest absolute Gasteiger partial charge is 0.413 e. The molecule has 0 bridgehead atoms. The molecule has 7 heteroatoms. The number of nitrogens with zero attached hydrogens (tertiary/aromatic N) is 1. The van der Waals surface area contributed by atoms with Crippen molar-refractivity contribution in [3.63, 3.8) is 0 Å². The van der Waals surface area contributed by atoms with Gasteiger partial charge in [-0.25, -0.2) is 14.6 Å². The number of amides is 1. The highest BCUT2D eigenvalue weighted by Crippen LogP contribution is 2.23. The fourth-order valence-electron chi connectivity index (χ4n) is 1.68. The van der Waals surface area contributed by atoms with Gasteiger partial charge in [0.1, 0.15) is 11.5 Å². The summed E-state index contributed by atoms with van der Waals surface area (Å²) < 4.78 is 10.0. The lowest BCUT2D eigenvalue weighted by molar-refractivity contribution is 0.0531. The number of hydrogen-bond donors (Lipinski definition) is 1. The summed E-state index contributed by atoms with van der Waals surface area (Å²) in [5.74, 6) is -0.441. The van der Waals surface area contributed by atoms with Gasteiger partial charge in [-0.1, -0.05) is 41.7 Å². The molecule has 22 heavy (non-hydrogen) atoms. The molecule has 0 aliphatic rings. The second-order valence-corrected chi connectivity index (χ2v) is 5.34. The molecule has 1 N–H and O–H groups in total. The van der Waals surface area contributed by atoms with E-state index in [0.717, 1.165) is 16.9 Å². The molecule has 0 aliphatic heterocycles. The monoisotopic (exact) mass is 320 g/mol. The van der Waals surface area contributed by atoms with Crippen LogP contribution in [-0.2, 0) is 16.1 Å². The molecule has 1 amide bonds. The van der Waals surface area contributed by atoms with Crippen molar-refractivity contribution in [2.45, 2.75) is 20.5 Å². The van der Waals surface area contributed by atoms with Gasteiger partial charge in [0.15, 0.2) is 5.13 Å². The number of hydrogen-bond acceptors (Lipinski definition) is 6. The normalized spacial score (nSPS) is 10.1. The van der Waals surface area contributed by atoms with Crippen molar-refractivity contribution in [1.29, 1.82) is 0 Å². The van der Waals surface area contributed by atoms with Crippen molar-refractivity contribution in [1.82, 2.24) is 4.98 Å². The molecule has 116 valence electrons. The van der Waals surface area contributed by atoms with Crippen LogP contribution < -0.4 is 5.32 Å². The van der Waals surface area contributed by atoms with Crippen LogP contribution in [0, 0.1) is 6.92 Å². The molecular formula is C15H16N2O4S. The Hall–Kier alpha value is -2.41. The molecule has 0 atom stereocenters. The van der Waals surface area contributed by atoms with Gasteiger partial charge in [-0.2, -0.15) is 0 Å². The third kappa shape index (κ3) is 4.29. The number of thiazole rings is 1. The maximum absolute atomic E-state index is 11.7. The number of esters is 1. The van der Waals surface area contributed by atoms with E-state index in [1.54, 1.807) is 13.8 Å². The zero-order valence-corrected chi connectivity index (χ0v) is 13.1. The Morgan fingerprint density at radius 2 is 1.95 bits per heavy atom. The number of ether oxygens (including phenoxy) is 2. The van der Waals surface area contributed by atoms with Crippen LogP contribution in [0.25, 0.3) is 0 Å². The first kappa shape index (κ1) is 16.0. The van der Waals surface area contributed by atoms with Gasteiger partial charge < -0.3 is 9.47 Å². The highest BCUT2D eigenvalue weighted by Gasteiger charge is 2.17. The van der Waals surface area contributed by atoms with E-state index in [4.69, 9.17) is 9.47 Å². The average Bonchev–Trinajstić information content (AvgIpc) is 2.87. The minimum absolute atomic E-state index is 0.168. The van der Waals surface area contributed by atoms with E-state index in [1.807, 2.05) is 30.3 Å². The van der Waals surface area contributed by atoms with Gasteiger partial charge in [-0.05, 0) is 19.4 Å². The summed E-state index contributed by atoms with van der Waals surface area (Å²) in [5.41, 5.74) is 1.40. The third-order valence-corrected chi connectivity index (χ3v) is 3.73. The van der Waals surface area contributed by atoms with Crippen LogP contribution in [0.5, 0.6) is 0 Å². The summed E-state index contributed by atoms with van der Waals surface area (Å²) in [4.78, 5) is 27.9. The third-order valence-electron chi connectivity index (χ3n) is 2.68. The van der Waals surface area contributed by atoms with E-state index < -0.39 is 12.1 Å². The molecule has 1 aromatic heterocycles. The highest BCUT2D eigenvalue weighted by molar-refractivity contribution is 7.17. The number of aromatic nitrogens is 1. The molecule has 0 aliphatic carbocycles. The lowest BCUT2D eigenvalue weighted by atomic mass is 10.2. The van der Waals surface area contributed by atoms with Crippen LogP contribution in [-0.4, -0.2) is 23.7 Å². The van der Waals surface area contributed by atoms with E-state index in [1.165, 1.54) is 0 Å². The van der Waals surface area contributed by atoms with Gasteiger partial charge in [0.2, 0.25) is 0 Å². The molecule has 6 nitrogen and oxygen atoms in total. The first-order valence-electron chi connectivity index (χ1n) is 6.72. The molecule has 1 heterocycles. The van der Waals surface area contributed by atoms with Crippen molar-refractivity contribution < 1.29 is 19.1 Å². The largest absolute Gasteiger partial charge is 0.462 e. The zero-order chi connectivity index (χ0) is 15.9. The van der Waals surface area contributed by atoms with E-state index in [0.29, 0.717) is 15.7 Å². The van der Waals surface area contributed by atoms with Gasteiger partial charge in [0, 0.05) is 0 Å². The number of carbonyl (C=O) groups is 2. The quantitative estimate of drug-likeness (QED) is 0.855. The van der Waals surface area contributed by atoms with Crippen molar-refractivity contribution in [2.24, 2.45) is 0 Å². The molecule has 0 spiro atoms. The first-order valence-corrected chi connectivity index (χ1v) is 7.54. The predicted molar refractivity (Wildman–Crippen MR) is 83.1 cm³/mol. The summed E-state index contributed by atoms with van der Waals surface area (Å²) in [6.45, 7) is 3.87. The molecule has 2 aromatic rings. The van der Waals surface area contributed by atoms with Gasteiger partial charge in [0.05, 0.1) is 12.3 Å². The van der Waals surface area contributed by atoms with E-state index in [9.17, 15) is 9.59 Å². The molecule has 0 saturated carbocycles. The number of carbonyl (C=O) groups excluding carboxylic acids is 2. The summed E-state index contributed by atoms with van der Waals surface area (Å²) in [6.07, 6.45) is -0.618. The van der Waals surface area contributed by atoms with Gasteiger partial charge in [0.25, 0.3) is 0 Å². The molecular weight excluding hydrogens is 304 g/mol. The molecule has 1 aromatic carbocycles. The van der Waals surface area contributed by atoms with Crippen LogP contribution in [0.3, 0.4) is 0 Å². The van der Waals surface area contributed by atoms with Gasteiger partial charge >= 0.3 is 12.1 Å². The van der Waals surface area contributed by atoms with Crippen LogP contribution in [0.2, 0.25) is 0 Å². The topological polar surface area (TPSA) is 77.5 Å². The molecule has 0 radical (unpaired) electrons. The maximum atomic E-state index is 11.7. The minimum Gasteiger partial charge on any atom is -0.462 e. The number of anilines is 1. The van der Waals surface area contributed by atoms with E-state index in [2.05, 4.69) is 10.3 Å². The highest BCUT2D eigenvalue weighted by atomic mass is 32.1. The zero-order valence-electron chi connectivity index (χ0n) is 12.3. The molecule has 0 saturated heterocycles. The second kappa shape index (κ2) is 7.56. The first-order chi connectivity index (χ1) is 10.6. The van der Waals surface area contributed by atoms with E-state index in [-0.39, 0.29) is 13.2 Å². The number of nitrogens with one attached hydrogen (secondary N) is 1. The van der Waals surface area contributed by atoms with Crippen LogP contribution in [0.15, 0.2) is 30.3 Å². The summed E-state index contributed by atoms with van der Waals surface area (Å²) >= 11 is 1.06. The average molecular weight is 320 g/mol. The standard InChI is InChI=1S/C15H16N2O4S/c1-3-20-13(18)12-10(2)16-14(22-12)17-15(19)21-9-11-7-5-4-6-8-11/h4-8H,3,9H2,1-2H3,(H,16,17,19). The molecule has 0 fully saturated rings. The summed E-state index contributed by atoms with van der Waals surface area (Å²) in [6, 6.07) is 9.34. The Kier molecular flexibility index (Phi) is 5.48. The van der Waals surface area contributed by atoms with Crippen molar-refractivity contribution >= 4 is 28.5 Å². The fraction of sp³-hybridized carbons (Fsp3) is 0.267. The van der Waals surface area contributed by atoms with Crippen LogP contribution in [0.1, 0.15) is 27.9 Å². The van der Waals surface area contributed by atoms with Crippen molar-refractivity contribution in [2.75, 3.05) is 11.9 Å². The van der Waals surface area contributed by atoms with Gasteiger partial charge in [-0.15, -0.1) is 0 Å². The lowest BCUT2D eigenvalue weighted by Gasteiger charge is -2.04. The molecule has 0 unspecified atom stereocenters. The predicted octanol–water partition coefficient (Wildman–Crippen LogP) is 3.38. The Labute approximate surface area is 132 Å². The second-order valence-electron chi connectivity index (χ2n) is 4.34. The number of rotatable bonds is 5. The minimum atomic E-state index is -0.618. The summed E-state index contributed by atoms with van der Waals surface area (Å²) in [7, 11) is 0. The Morgan fingerprint density at radius 1 is 1.23 bits per heavy atom. The maximum Gasteiger partial charge on any atom is 0.413 e. The lowest BCUT2D eigenvalue weighted by Crippen LogP contribution is -2.13. The van der Waals surface area contributed by atoms with E-state index >= 15 is 0 Å². The Balaban J connectivity index is 1.92. The Morgan fingerprint density at radius 3 is 2.64 bits per heavy atom. The SMILES string of the molecule is CCOC(=O)c1sc(NC(=O)OCc2ccccc2)nc1C. The Bertz CT molecular complexity index is 655. The van der Waals surface area contributed by atoms with Gasteiger partial charge in [-0.3, -0.25) is 5.32 Å². The van der Waals surface area contributed by atoms with Crippen molar-refractivity contribution in [3.05, 3.63) is 46.5 Å². The fourth-order valence-corrected chi connectivity index (χ4v) is 2.53. The summed E-state index contributed by atoms with van der Waals surface area (Å²) in [5, 5.41) is 2.81. The number of aryl methyl sites for hydroxylation is 1. The van der Waals surface area contributed by atoms with Crippen molar-refractivity contribution in [3.8, 4) is 0 Å².